The molecule has 208 valence electrons. The number of sulfonamides is 1. The minimum Gasteiger partial charge on any atom is -0.418 e. The Kier molecular flexibility index (Phi) is 9.42. The van der Waals surface area contributed by atoms with Gasteiger partial charge in [-0.1, -0.05) is 57.5 Å². The predicted molar refractivity (Wildman–Crippen MR) is 141 cm³/mol. The smallest absolute Gasteiger partial charge is 0.286 e. The van der Waals surface area contributed by atoms with E-state index in [-0.39, 0.29) is 17.7 Å². The molecule has 0 bridgehead atoms. The van der Waals surface area contributed by atoms with Gasteiger partial charge in [-0.15, -0.1) is 10.2 Å². The van der Waals surface area contributed by atoms with Crippen LogP contribution in [0.25, 0.3) is 0 Å². The molecule has 0 aliphatic carbocycles. The molecule has 11 nitrogen and oxygen atoms in total. The van der Waals surface area contributed by atoms with Crippen LogP contribution in [0.3, 0.4) is 0 Å². The summed E-state index contributed by atoms with van der Waals surface area (Å²) in [4.78, 5) is 41.2. The molecule has 1 unspecified atom stereocenters. The molecule has 2 heterocycles. The molecule has 0 radical (unpaired) electrons. The lowest BCUT2D eigenvalue weighted by Crippen LogP contribution is -2.57. The van der Waals surface area contributed by atoms with Crippen LogP contribution >= 0.6 is 0 Å². The summed E-state index contributed by atoms with van der Waals surface area (Å²) in [5.74, 6) is -1.97. The van der Waals surface area contributed by atoms with Crippen molar-refractivity contribution >= 4 is 27.6 Å². The minimum absolute atomic E-state index is 0.191. The molecule has 12 heteroatoms. The summed E-state index contributed by atoms with van der Waals surface area (Å²) in [6, 6.07) is 5.07. The van der Waals surface area contributed by atoms with Crippen molar-refractivity contribution in [3.8, 4) is 0 Å². The van der Waals surface area contributed by atoms with Crippen LogP contribution in [0.15, 0.2) is 28.7 Å². The first-order chi connectivity index (χ1) is 17.8. The summed E-state index contributed by atoms with van der Waals surface area (Å²) >= 11 is 0. The van der Waals surface area contributed by atoms with E-state index in [1.807, 2.05) is 31.2 Å². The van der Waals surface area contributed by atoms with Gasteiger partial charge in [0.15, 0.2) is 0 Å². The lowest BCUT2D eigenvalue weighted by Gasteiger charge is -2.31. The largest absolute Gasteiger partial charge is 0.418 e. The van der Waals surface area contributed by atoms with Gasteiger partial charge in [-0.25, -0.2) is 13.1 Å². The molecule has 3 rings (SSSR count). The molecule has 3 atom stereocenters. The van der Waals surface area contributed by atoms with Crippen molar-refractivity contribution in [3.63, 3.8) is 0 Å². The fourth-order valence-corrected chi connectivity index (χ4v) is 5.36. The Labute approximate surface area is 223 Å². The number of aryl methyl sites for hydroxylation is 1. The number of hydrogen-bond acceptors (Lipinski definition) is 8. The van der Waals surface area contributed by atoms with Crippen molar-refractivity contribution in [2.75, 3.05) is 12.8 Å². The number of rotatable bonds is 11. The van der Waals surface area contributed by atoms with E-state index in [1.165, 1.54) is 4.90 Å². The average Bonchev–Trinajstić information content (AvgIpc) is 3.49. The Bertz CT molecular complexity index is 1270. The molecule has 1 aromatic heterocycles. The fraction of sp³-hybridized carbons (Fsp3) is 0.577. The fourth-order valence-electron chi connectivity index (χ4n) is 4.52. The summed E-state index contributed by atoms with van der Waals surface area (Å²) in [5.41, 5.74) is 2.06. The molecule has 2 aromatic rings. The van der Waals surface area contributed by atoms with Gasteiger partial charge < -0.3 is 14.6 Å². The van der Waals surface area contributed by atoms with Crippen LogP contribution in [0.4, 0.5) is 0 Å². The van der Waals surface area contributed by atoms with Gasteiger partial charge in [-0.3, -0.25) is 14.4 Å². The van der Waals surface area contributed by atoms with E-state index in [4.69, 9.17) is 4.42 Å². The Hall–Kier alpha value is -3.12. The summed E-state index contributed by atoms with van der Waals surface area (Å²) in [5, 5.41) is 10.7. The first kappa shape index (κ1) is 29.4. The van der Waals surface area contributed by atoms with Gasteiger partial charge in [0.25, 0.3) is 5.89 Å². The zero-order valence-electron chi connectivity index (χ0n) is 22.7. The summed E-state index contributed by atoms with van der Waals surface area (Å²) in [6.07, 6.45) is 2.35. The summed E-state index contributed by atoms with van der Waals surface area (Å²) in [7, 11) is -3.64. The second-order valence-electron chi connectivity index (χ2n) is 10.6. The average molecular weight is 548 g/mol. The van der Waals surface area contributed by atoms with Gasteiger partial charge in [0.1, 0.15) is 12.1 Å². The number of benzene rings is 1. The zero-order chi connectivity index (χ0) is 28.2. The number of ketones is 1. The highest BCUT2D eigenvalue weighted by Crippen LogP contribution is 2.22. The first-order valence-corrected chi connectivity index (χ1v) is 14.7. The zero-order valence-corrected chi connectivity index (χ0v) is 23.5. The van der Waals surface area contributed by atoms with Crippen molar-refractivity contribution in [2.24, 2.45) is 11.8 Å². The van der Waals surface area contributed by atoms with E-state index < -0.39 is 45.7 Å². The lowest BCUT2D eigenvalue weighted by atomic mass is 9.98. The van der Waals surface area contributed by atoms with Gasteiger partial charge in [0, 0.05) is 6.54 Å². The van der Waals surface area contributed by atoms with Crippen molar-refractivity contribution in [3.05, 3.63) is 47.2 Å². The molecule has 1 aliphatic heterocycles. The molecule has 0 saturated carbocycles. The van der Waals surface area contributed by atoms with E-state index in [0.717, 1.165) is 17.4 Å². The molecular formula is C26H37N5O6S. The van der Waals surface area contributed by atoms with Gasteiger partial charge in [0.2, 0.25) is 33.5 Å². The number of likely N-dealkylation sites (tertiary alicyclic amines) is 1. The van der Waals surface area contributed by atoms with Crippen LogP contribution in [0.1, 0.15) is 68.2 Å². The van der Waals surface area contributed by atoms with Crippen molar-refractivity contribution < 1.29 is 27.2 Å². The maximum Gasteiger partial charge on any atom is 0.286 e. The normalized spacial score (nSPS) is 17.6. The molecule has 0 spiro atoms. The Balaban J connectivity index is 1.72. The van der Waals surface area contributed by atoms with Gasteiger partial charge >= 0.3 is 0 Å². The molecule has 2 N–H and O–H groups in total. The third-order valence-electron chi connectivity index (χ3n) is 6.47. The predicted octanol–water partition coefficient (Wildman–Crippen LogP) is 1.86. The topological polar surface area (TPSA) is 152 Å². The highest BCUT2D eigenvalue weighted by molar-refractivity contribution is 7.88. The van der Waals surface area contributed by atoms with Gasteiger partial charge in [-0.05, 0) is 37.2 Å². The maximum absolute atomic E-state index is 13.3. The SMILES string of the molecule is Cc1cccc(Cc2nnc(C(=O)[C@@H](NC(=O)C3CCCN3C(=O)[C@@H](NS(C)(=O)=O)C(C)C)C(C)C)o2)c1. The van der Waals surface area contributed by atoms with Crippen LogP contribution < -0.4 is 10.0 Å². The Morgan fingerprint density at radius 2 is 1.79 bits per heavy atom. The standard InChI is InChI=1S/C26H37N5O6S/c1-15(2)21(23(32)25-29-28-20(37-25)14-18-10-7-9-17(5)13-18)27-24(33)19-11-8-12-31(19)26(34)22(16(3)4)30-38(6,35)36/h7,9-10,13,15-16,19,21-22,30H,8,11-12,14H2,1-6H3,(H,27,33)/t19?,21-,22-/m0/s1. The number of aromatic nitrogens is 2. The number of nitrogens with one attached hydrogen (secondary N) is 2. The molecule has 1 fully saturated rings. The van der Waals surface area contributed by atoms with Gasteiger partial charge in [-0.2, -0.15) is 0 Å². The minimum atomic E-state index is -3.64. The van der Waals surface area contributed by atoms with E-state index >= 15 is 0 Å². The van der Waals surface area contributed by atoms with E-state index in [9.17, 15) is 22.8 Å². The number of nitrogens with zero attached hydrogens (tertiary/aromatic N) is 3. The number of hydrogen-bond donors (Lipinski definition) is 2. The molecule has 1 saturated heterocycles. The second kappa shape index (κ2) is 12.2. The first-order valence-electron chi connectivity index (χ1n) is 12.8. The van der Waals surface area contributed by atoms with Crippen LogP contribution in [-0.2, 0) is 26.0 Å². The Morgan fingerprint density at radius 1 is 1.11 bits per heavy atom. The number of carbonyl (C=O) groups is 3. The molecule has 38 heavy (non-hydrogen) atoms. The molecule has 2 amide bonds. The summed E-state index contributed by atoms with van der Waals surface area (Å²) < 4.78 is 31.6. The van der Waals surface area contributed by atoms with Crippen LogP contribution in [0.5, 0.6) is 0 Å². The molecule has 1 aromatic carbocycles. The lowest BCUT2D eigenvalue weighted by molar-refractivity contribution is -0.140. The third kappa shape index (κ3) is 7.47. The highest BCUT2D eigenvalue weighted by atomic mass is 32.2. The van der Waals surface area contributed by atoms with Crippen LogP contribution in [-0.4, -0.2) is 72.0 Å². The number of Topliss-reactive ketones (excluding diaryl/α,β-unsaturated/α-hetero) is 1. The van der Waals surface area contributed by atoms with Crippen molar-refractivity contribution in [1.29, 1.82) is 0 Å². The quantitative estimate of drug-likeness (QED) is 0.405. The van der Waals surface area contributed by atoms with E-state index in [1.54, 1.807) is 27.7 Å². The summed E-state index contributed by atoms with van der Waals surface area (Å²) in [6.45, 7) is 9.34. The molecule has 1 aliphatic rings. The van der Waals surface area contributed by atoms with Crippen molar-refractivity contribution in [1.82, 2.24) is 25.1 Å². The van der Waals surface area contributed by atoms with E-state index in [0.29, 0.717) is 31.7 Å². The maximum atomic E-state index is 13.3. The highest BCUT2D eigenvalue weighted by Gasteiger charge is 2.40. The third-order valence-corrected chi connectivity index (χ3v) is 7.16. The van der Waals surface area contributed by atoms with Gasteiger partial charge in [0.05, 0.1) is 18.7 Å². The monoisotopic (exact) mass is 547 g/mol. The van der Waals surface area contributed by atoms with Crippen molar-refractivity contribution in [2.45, 2.75) is 72.0 Å². The van der Waals surface area contributed by atoms with E-state index in [2.05, 4.69) is 20.2 Å². The number of carbonyl (C=O) groups excluding carboxylic acids is 3. The second-order valence-corrected chi connectivity index (χ2v) is 12.3. The van der Waals surface area contributed by atoms with Crippen LogP contribution in [0.2, 0.25) is 0 Å². The molecular weight excluding hydrogens is 510 g/mol. The Morgan fingerprint density at radius 3 is 2.39 bits per heavy atom. The van der Waals surface area contributed by atoms with Crippen LogP contribution in [0, 0.1) is 18.8 Å². The number of amides is 2.